The van der Waals surface area contributed by atoms with Gasteiger partial charge in [0.25, 0.3) is 0 Å². The summed E-state index contributed by atoms with van der Waals surface area (Å²) >= 11 is 0. The first kappa shape index (κ1) is 15.0. The molecule has 0 radical (unpaired) electrons. The summed E-state index contributed by atoms with van der Waals surface area (Å²) in [5.74, 6) is -2.35. The molecule has 1 atom stereocenters. The fourth-order valence-corrected chi connectivity index (χ4v) is 2.46. The lowest BCUT2D eigenvalue weighted by molar-refractivity contribution is -0.172. The second-order valence-corrected chi connectivity index (χ2v) is 5.53. The van der Waals surface area contributed by atoms with Crippen molar-refractivity contribution < 1.29 is 22.5 Å². The van der Waals surface area contributed by atoms with Crippen LogP contribution in [0.15, 0.2) is 4.52 Å². The minimum absolute atomic E-state index is 0.122. The third-order valence-electron chi connectivity index (χ3n) is 3.88. The number of carbonyl (C=O) groups is 1. The highest BCUT2D eigenvalue weighted by atomic mass is 19.4. The van der Waals surface area contributed by atoms with Gasteiger partial charge in [-0.05, 0) is 25.7 Å². The van der Waals surface area contributed by atoms with E-state index in [1.807, 2.05) is 0 Å². The summed E-state index contributed by atoms with van der Waals surface area (Å²) in [6.07, 6.45) is -0.977. The maximum absolute atomic E-state index is 12.4. The van der Waals surface area contributed by atoms with Crippen LogP contribution in [0.5, 0.6) is 0 Å². The number of nitrogens with zero attached hydrogens (tertiary/aromatic N) is 2. The van der Waals surface area contributed by atoms with E-state index in [9.17, 15) is 18.0 Å². The Kier molecular flexibility index (Phi) is 4.15. The topological polar surface area (TPSA) is 56.0 Å². The van der Waals surface area contributed by atoms with Crippen molar-refractivity contribution in [2.75, 3.05) is 0 Å². The van der Waals surface area contributed by atoms with Gasteiger partial charge >= 0.3 is 6.18 Å². The van der Waals surface area contributed by atoms with Crippen molar-refractivity contribution in [1.29, 1.82) is 0 Å². The van der Waals surface area contributed by atoms with E-state index < -0.39 is 17.9 Å². The number of carbonyl (C=O) groups excluding carboxylic acids is 1. The standard InChI is InChI=1S/C13H17F3N2O2/c1-7-3-5-9(6-4-7)11-17-12(20-18-11)8(2)10(19)13(14,15)16/h7-9H,3-6H2,1-2H3. The second kappa shape index (κ2) is 5.54. The quantitative estimate of drug-likeness (QED) is 0.853. The van der Waals surface area contributed by atoms with E-state index in [0.717, 1.165) is 32.6 Å². The first-order valence-corrected chi connectivity index (χ1v) is 6.73. The molecule has 2 rings (SSSR count). The highest BCUT2D eigenvalue weighted by molar-refractivity contribution is 5.89. The molecule has 20 heavy (non-hydrogen) atoms. The Hall–Kier alpha value is -1.40. The van der Waals surface area contributed by atoms with Gasteiger partial charge < -0.3 is 4.52 Å². The van der Waals surface area contributed by atoms with E-state index in [1.54, 1.807) is 0 Å². The van der Waals surface area contributed by atoms with Gasteiger partial charge in [0.1, 0.15) is 5.92 Å². The maximum atomic E-state index is 12.4. The smallest absolute Gasteiger partial charge is 0.339 e. The Morgan fingerprint density at radius 1 is 1.30 bits per heavy atom. The predicted molar refractivity (Wildman–Crippen MR) is 64.1 cm³/mol. The molecule has 4 nitrogen and oxygen atoms in total. The average Bonchev–Trinajstić information content (AvgIpc) is 2.86. The predicted octanol–water partition coefficient (Wildman–Crippen LogP) is 3.60. The SMILES string of the molecule is CC1CCC(c2noc(C(C)C(=O)C(F)(F)F)n2)CC1. The number of hydrogen-bond donors (Lipinski definition) is 0. The summed E-state index contributed by atoms with van der Waals surface area (Å²) in [5.41, 5.74) is 0. The molecule has 1 unspecified atom stereocenters. The lowest BCUT2D eigenvalue weighted by Crippen LogP contribution is -2.27. The van der Waals surface area contributed by atoms with Gasteiger partial charge in [0.2, 0.25) is 11.7 Å². The van der Waals surface area contributed by atoms with E-state index in [2.05, 4.69) is 17.1 Å². The van der Waals surface area contributed by atoms with E-state index in [0.29, 0.717) is 11.7 Å². The molecule has 0 spiro atoms. The molecular weight excluding hydrogens is 273 g/mol. The minimum atomic E-state index is -4.88. The Labute approximate surface area is 114 Å². The van der Waals surface area contributed by atoms with Crippen molar-refractivity contribution in [3.63, 3.8) is 0 Å². The summed E-state index contributed by atoms with van der Waals surface area (Å²) in [4.78, 5) is 15.1. The Balaban J connectivity index is 2.07. The van der Waals surface area contributed by atoms with Crippen molar-refractivity contribution in [2.45, 2.75) is 57.5 Å². The molecule has 0 bridgehead atoms. The third-order valence-corrected chi connectivity index (χ3v) is 3.88. The molecule has 1 fully saturated rings. The van der Waals surface area contributed by atoms with Crippen molar-refractivity contribution in [3.05, 3.63) is 11.7 Å². The Morgan fingerprint density at radius 3 is 2.45 bits per heavy atom. The average molecular weight is 290 g/mol. The van der Waals surface area contributed by atoms with Crippen LogP contribution in [0, 0.1) is 5.92 Å². The first-order valence-electron chi connectivity index (χ1n) is 6.73. The van der Waals surface area contributed by atoms with Gasteiger partial charge in [-0.1, -0.05) is 24.9 Å². The molecule has 1 aliphatic carbocycles. The summed E-state index contributed by atoms with van der Waals surface area (Å²) in [6.45, 7) is 3.30. The molecule has 0 saturated heterocycles. The number of aromatic nitrogens is 2. The monoisotopic (exact) mass is 290 g/mol. The number of rotatable bonds is 3. The molecule has 1 saturated carbocycles. The number of alkyl halides is 3. The lowest BCUT2D eigenvalue weighted by atomic mass is 9.83. The Morgan fingerprint density at radius 2 is 1.90 bits per heavy atom. The molecule has 1 aromatic rings. The van der Waals surface area contributed by atoms with Gasteiger partial charge in [-0.2, -0.15) is 18.2 Å². The van der Waals surface area contributed by atoms with Gasteiger partial charge in [-0.25, -0.2) is 0 Å². The molecule has 1 heterocycles. The van der Waals surface area contributed by atoms with E-state index in [4.69, 9.17) is 4.52 Å². The lowest BCUT2D eigenvalue weighted by Gasteiger charge is -2.23. The molecule has 112 valence electrons. The zero-order chi connectivity index (χ0) is 14.9. The second-order valence-electron chi connectivity index (χ2n) is 5.53. The molecular formula is C13H17F3N2O2. The summed E-state index contributed by atoms with van der Waals surface area (Å²) in [5, 5.41) is 3.74. The van der Waals surface area contributed by atoms with Crippen LogP contribution >= 0.6 is 0 Å². The molecule has 0 aromatic carbocycles. The molecule has 1 aromatic heterocycles. The molecule has 0 amide bonds. The van der Waals surface area contributed by atoms with Crippen molar-refractivity contribution >= 4 is 5.78 Å². The van der Waals surface area contributed by atoms with Crippen molar-refractivity contribution in [3.8, 4) is 0 Å². The van der Waals surface area contributed by atoms with E-state index in [1.165, 1.54) is 0 Å². The third kappa shape index (κ3) is 3.19. The van der Waals surface area contributed by atoms with Crippen LogP contribution < -0.4 is 0 Å². The van der Waals surface area contributed by atoms with Crippen LogP contribution in [0.1, 0.15) is 63.1 Å². The highest BCUT2D eigenvalue weighted by Crippen LogP contribution is 2.35. The first-order chi connectivity index (χ1) is 9.29. The number of hydrogen-bond acceptors (Lipinski definition) is 4. The van der Waals surface area contributed by atoms with Gasteiger partial charge in [-0.3, -0.25) is 4.79 Å². The summed E-state index contributed by atoms with van der Waals surface area (Å²) in [7, 11) is 0. The van der Waals surface area contributed by atoms with E-state index in [-0.39, 0.29) is 11.8 Å². The van der Waals surface area contributed by atoms with Crippen molar-refractivity contribution in [2.24, 2.45) is 5.92 Å². The maximum Gasteiger partial charge on any atom is 0.450 e. The van der Waals surface area contributed by atoms with Crippen LogP contribution in [0.4, 0.5) is 13.2 Å². The van der Waals surface area contributed by atoms with Crippen LogP contribution in [0.3, 0.4) is 0 Å². The van der Waals surface area contributed by atoms with Crippen LogP contribution in [0.2, 0.25) is 0 Å². The van der Waals surface area contributed by atoms with Gasteiger partial charge in [0, 0.05) is 5.92 Å². The molecule has 7 heteroatoms. The van der Waals surface area contributed by atoms with Crippen LogP contribution in [0.25, 0.3) is 0 Å². The fraction of sp³-hybridized carbons (Fsp3) is 0.769. The number of halogens is 3. The molecule has 0 aliphatic heterocycles. The highest BCUT2D eigenvalue weighted by Gasteiger charge is 2.44. The zero-order valence-corrected chi connectivity index (χ0v) is 11.4. The number of ketones is 1. The van der Waals surface area contributed by atoms with Gasteiger partial charge in [-0.15, -0.1) is 0 Å². The van der Waals surface area contributed by atoms with Crippen LogP contribution in [-0.4, -0.2) is 22.1 Å². The Bertz CT molecular complexity index is 476. The summed E-state index contributed by atoms with van der Waals surface area (Å²) < 4.78 is 41.9. The largest absolute Gasteiger partial charge is 0.450 e. The number of Topliss-reactive ketones (excluding diaryl/α,β-unsaturated/α-hetero) is 1. The minimum Gasteiger partial charge on any atom is -0.339 e. The summed E-state index contributed by atoms with van der Waals surface area (Å²) in [6, 6.07) is 0. The fourth-order valence-electron chi connectivity index (χ4n) is 2.46. The van der Waals surface area contributed by atoms with Gasteiger partial charge in [0.15, 0.2) is 5.82 Å². The molecule has 0 N–H and O–H groups in total. The van der Waals surface area contributed by atoms with Gasteiger partial charge in [0.05, 0.1) is 0 Å². The molecule has 1 aliphatic rings. The van der Waals surface area contributed by atoms with Crippen LogP contribution in [-0.2, 0) is 4.79 Å². The van der Waals surface area contributed by atoms with E-state index >= 15 is 0 Å². The zero-order valence-electron chi connectivity index (χ0n) is 11.4. The van der Waals surface area contributed by atoms with Crippen molar-refractivity contribution in [1.82, 2.24) is 10.1 Å². The normalized spacial score (nSPS) is 25.4.